The Labute approximate surface area is 190 Å². The minimum absolute atomic E-state index is 0.112. The number of carbonyl (C=O) groups excluding carboxylic acids is 3. The van der Waals surface area contributed by atoms with E-state index in [2.05, 4.69) is 10.3 Å². The van der Waals surface area contributed by atoms with Gasteiger partial charge in [-0.15, -0.1) is 11.3 Å². The Morgan fingerprint density at radius 3 is 2.44 bits per heavy atom. The third-order valence-corrected chi connectivity index (χ3v) is 6.16. The molecule has 2 fully saturated rings. The van der Waals surface area contributed by atoms with Gasteiger partial charge in [0.15, 0.2) is 0 Å². The van der Waals surface area contributed by atoms with Crippen LogP contribution < -0.4 is 10.1 Å². The molecule has 2 aromatic rings. The molecule has 4 rings (SSSR count). The van der Waals surface area contributed by atoms with E-state index < -0.39 is 11.8 Å². The highest BCUT2D eigenvalue weighted by Crippen LogP contribution is 2.19. The first kappa shape index (κ1) is 22.0. The quantitative estimate of drug-likeness (QED) is 0.532. The lowest BCUT2D eigenvalue weighted by Gasteiger charge is -2.33. The van der Waals surface area contributed by atoms with Crippen LogP contribution >= 0.6 is 11.3 Å². The van der Waals surface area contributed by atoms with Crippen molar-refractivity contribution in [2.45, 2.75) is 32.4 Å². The number of rotatable bonds is 6. The highest BCUT2D eigenvalue weighted by Gasteiger charge is 2.31. The minimum Gasteiger partial charge on any atom is -0.487 e. The second-order valence-electron chi connectivity index (χ2n) is 7.91. The SMILES string of the molecule is Cc1nc(COc2ccc(C=CC(=O)N3CCN(C(=O)C(=O)NC4CC4)CC3)cc2)cs1. The molecule has 2 aliphatic rings. The molecule has 1 aromatic carbocycles. The predicted octanol–water partition coefficient (Wildman–Crippen LogP) is 1.99. The maximum atomic E-state index is 12.5. The second kappa shape index (κ2) is 9.95. The molecule has 0 radical (unpaired) electrons. The average molecular weight is 455 g/mol. The molecule has 1 saturated heterocycles. The van der Waals surface area contributed by atoms with Crippen molar-refractivity contribution in [3.63, 3.8) is 0 Å². The van der Waals surface area contributed by atoms with Gasteiger partial charge in [-0.2, -0.15) is 0 Å². The van der Waals surface area contributed by atoms with E-state index in [9.17, 15) is 14.4 Å². The molecular weight excluding hydrogens is 428 g/mol. The number of benzene rings is 1. The number of aryl methyl sites for hydroxylation is 1. The van der Waals surface area contributed by atoms with Gasteiger partial charge in [-0.05, 0) is 43.5 Å². The number of thiazole rings is 1. The van der Waals surface area contributed by atoms with Gasteiger partial charge in [0, 0.05) is 43.7 Å². The summed E-state index contributed by atoms with van der Waals surface area (Å²) < 4.78 is 5.74. The molecule has 2 heterocycles. The number of hydrogen-bond donors (Lipinski definition) is 1. The number of piperazine rings is 1. The maximum Gasteiger partial charge on any atom is 0.312 e. The van der Waals surface area contributed by atoms with Gasteiger partial charge < -0.3 is 19.9 Å². The van der Waals surface area contributed by atoms with Crippen LogP contribution in [0.5, 0.6) is 5.75 Å². The number of aromatic nitrogens is 1. The molecule has 1 N–H and O–H groups in total. The molecule has 9 heteroatoms. The molecule has 0 unspecified atom stereocenters. The van der Waals surface area contributed by atoms with Crippen LogP contribution in [-0.2, 0) is 21.0 Å². The molecule has 0 bridgehead atoms. The van der Waals surface area contributed by atoms with Crippen molar-refractivity contribution in [1.82, 2.24) is 20.1 Å². The zero-order chi connectivity index (χ0) is 22.5. The van der Waals surface area contributed by atoms with E-state index >= 15 is 0 Å². The Kier molecular flexibility index (Phi) is 6.84. The lowest BCUT2D eigenvalue weighted by molar-refractivity contribution is -0.148. The fourth-order valence-corrected chi connectivity index (χ4v) is 3.93. The van der Waals surface area contributed by atoms with Crippen molar-refractivity contribution in [2.24, 2.45) is 0 Å². The summed E-state index contributed by atoms with van der Waals surface area (Å²) in [5.41, 5.74) is 1.80. The molecule has 168 valence electrons. The number of nitrogens with one attached hydrogen (secondary N) is 1. The molecule has 1 saturated carbocycles. The summed E-state index contributed by atoms with van der Waals surface area (Å²) in [7, 11) is 0. The van der Waals surface area contributed by atoms with Crippen LogP contribution in [0.3, 0.4) is 0 Å². The van der Waals surface area contributed by atoms with E-state index in [1.807, 2.05) is 36.6 Å². The van der Waals surface area contributed by atoms with Crippen molar-refractivity contribution < 1.29 is 19.1 Å². The predicted molar refractivity (Wildman–Crippen MR) is 121 cm³/mol. The normalized spacial score (nSPS) is 16.3. The Morgan fingerprint density at radius 2 is 1.81 bits per heavy atom. The third-order valence-electron chi connectivity index (χ3n) is 5.34. The summed E-state index contributed by atoms with van der Waals surface area (Å²) in [6, 6.07) is 7.66. The monoisotopic (exact) mass is 454 g/mol. The topological polar surface area (TPSA) is 91.8 Å². The smallest absolute Gasteiger partial charge is 0.312 e. The van der Waals surface area contributed by atoms with Crippen molar-refractivity contribution in [2.75, 3.05) is 26.2 Å². The average Bonchev–Trinajstić information content (AvgIpc) is 3.53. The largest absolute Gasteiger partial charge is 0.487 e. The number of ether oxygens (including phenoxy) is 1. The van der Waals surface area contributed by atoms with Crippen molar-refractivity contribution in [3.05, 3.63) is 52.0 Å². The molecule has 32 heavy (non-hydrogen) atoms. The van der Waals surface area contributed by atoms with Gasteiger partial charge in [-0.3, -0.25) is 14.4 Å². The van der Waals surface area contributed by atoms with Crippen molar-refractivity contribution in [1.29, 1.82) is 0 Å². The van der Waals surface area contributed by atoms with Crippen LogP contribution in [0.4, 0.5) is 0 Å². The molecule has 0 atom stereocenters. The van der Waals surface area contributed by atoms with E-state index in [0.717, 1.165) is 34.9 Å². The van der Waals surface area contributed by atoms with Gasteiger partial charge >= 0.3 is 11.8 Å². The van der Waals surface area contributed by atoms with Gasteiger partial charge in [0.25, 0.3) is 0 Å². The second-order valence-corrected chi connectivity index (χ2v) is 8.98. The highest BCUT2D eigenvalue weighted by molar-refractivity contribution is 7.09. The summed E-state index contributed by atoms with van der Waals surface area (Å²) in [4.78, 5) is 44.1. The molecular formula is C23H26N4O4S. The Hall–Kier alpha value is -3.20. The fraction of sp³-hybridized carbons (Fsp3) is 0.391. The van der Waals surface area contributed by atoms with E-state index in [4.69, 9.17) is 4.74 Å². The van der Waals surface area contributed by atoms with Gasteiger partial charge in [0.2, 0.25) is 5.91 Å². The maximum absolute atomic E-state index is 12.5. The lowest BCUT2D eigenvalue weighted by Crippen LogP contribution is -2.53. The summed E-state index contributed by atoms with van der Waals surface area (Å²) in [6.07, 6.45) is 5.17. The molecule has 0 spiro atoms. The summed E-state index contributed by atoms with van der Waals surface area (Å²) in [5.74, 6) is -0.419. The molecule has 8 nitrogen and oxygen atoms in total. The zero-order valence-corrected chi connectivity index (χ0v) is 18.8. The van der Waals surface area contributed by atoms with E-state index in [-0.39, 0.29) is 11.9 Å². The van der Waals surface area contributed by atoms with Crippen LogP contribution in [0.1, 0.15) is 29.1 Å². The lowest BCUT2D eigenvalue weighted by atomic mass is 10.2. The highest BCUT2D eigenvalue weighted by atomic mass is 32.1. The third kappa shape index (κ3) is 5.94. The fourth-order valence-electron chi connectivity index (χ4n) is 3.33. The van der Waals surface area contributed by atoms with Crippen molar-refractivity contribution in [3.8, 4) is 5.75 Å². The summed E-state index contributed by atoms with van der Waals surface area (Å²) >= 11 is 1.60. The number of nitrogens with zero attached hydrogens (tertiary/aromatic N) is 3. The van der Waals surface area contributed by atoms with Gasteiger partial charge in [-0.25, -0.2) is 4.98 Å². The number of hydrogen-bond acceptors (Lipinski definition) is 6. The van der Waals surface area contributed by atoms with Crippen LogP contribution in [0, 0.1) is 6.92 Å². The Morgan fingerprint density at radius 1 is 1.12 bits per heavy atom. The molecule has 1 aliphatic heterocycles. The Bertz CT molecular complexity index is 1010. The standard InChI is InChI=1S/C23H26N4O4S/c1-16-24-19(15-32-16)14-31-20-7-2-17(3-8-20)4-9-21(28)26-10-12-27(13-11-26)23(30)22(29)25-18-5-6-18/h2-4,7-9,15,18H,5-6,10-14H2,1H3,(H,25,29). The van der Waals surface area contributed by atoms with E-state index in [0.29, 0.717) is 32.8 Å². The Balaban J connectivity index is 1.21. The summed E-state index contributed by atoms with van der Waals surface area (Å²) in [5, 5.41) is 5.71. The number of carbonyl (C=O) groups is 3. The van der Waals surface area contributed by atoms with E-state index in [1.54, 1.807) is 22.3 Å². The first-order valence-corrected chi connectivity index (χ1v) is 11.6. The van der Waals surface area contributed by atoms with Gasteiger partial charge in [0.05, 0.1) is 10.7 Å². The van der Waals surface area contributed by atoms with Crippen LogP contribution in [-0.4, -0.2) is 64.7 Å². The molecule has 1 aromatic heterocycles. The first-order chi connectivity index (χ1) is 15.5. The zero-order valence-electron chi connectivity index (χ0n) is 18.0. The van der Waals surface area contributed by atoms with Crippen LogP contribution in [0.2, 0.25) is 0 Å². The summed E-state index contributed by atoms with van der Waals surface area (Å²) in [6.45, 7) is 3.93. The molecule has 1 aliphatic carbocycles. The van der Waals surface area contributed by atoms with Crippen molar-refractivity contribution >= 4 is 35.1 Å². The van der Waals surface area contributed by atoms with Gasteiger partial charge in [-0.1, -0.05) is 12.1 Å². The first-order valence-electron chi connectivity index (χ1n) is 10.7. The van der Waals surface area contributed by atoms with E-state index in [1.165, 1.54) is 11.0 Å². The number of amides is 3. The van der Waals surface area contributed by atoms with Crippen LogP contribution in [0.25, 0.3) is 6.08 Å². The van der Waals surface area contributed by atoms with Crippen LogP contribution in [0.15, 0.2) is 35.7 Å². The molecule has 3 amide bonds. The minimum atomic E-state index is -0.540. The van der Waals surface area contributed by atoms with Gasteiger partial charge in [0.1, 0.15) is 12.4 Å².